The molecule has 3 nitrogen and oxygen atoms in total. The van der Waals surface area contributed by atoms with Crippen molar-refractivity contribution in [3.05, 3.63) is 51.3 Å². The molecule has 0 amide bonds. The van der Waals surface area contributed by atoms with E-state index in [-0.39, 0.29) is 0 Å². The highest BCUT2D eigenvalue weighted by atomic mass is 127. The number of halogens is 2. The van der Waals surface area contributed by atoms with Crippen molar-refractivity contribution in [1.29, 1.82) is 0 Å². The Hall–Kier alpha value is -1.01. The number of nitrogens with one attached hydrogen (secondary N) is 1. The lowest BCUT2D eigenvalue weighted by Gasteiger charge is -2.10. The highest BCUT2D eigenvalue weighted by Crippen LogP contribution is 2.24. The van der Waals surface area contributed by atoms with E-state index in [1.165, 1.54) is 0 Å². The van der Waals surface area contributed by atoms with Gasteiger partial charge in [0, 0.05) is 21.3 Å². The maximum atomic E-state index is 5.97. The number of hydrogen-bond donors (Lipinski definition) is 1. The van der Waals surface area contributed by atoms with Crippen molar-refractivity contribution in [2.24, 2.45) is 0 Å². The fraction of sp³-hybridized carbons (Fsp3) is 0.154. The van der Waals surface area contributed by atoms with Gasteiger partial charge in [0.05, 0.1) is 11.4 Å². The number of nitrogens with zero attached hydrogens (tertiary/aromatic N) is 2. The summed E-state index contributed by atoms with van der Waals surface area (Å²) < 4.78 is 3.11. The summed E-state index contributed by atoms with van der Waals surface area (Å²) >= 11 is 8.25. The fourth-order valence-corrected chi connectivity index (χ4v) is 2.78. The lowest BCUT2D eigenvalue weighted by molar-refractivity contribution is 1.03. The van der Waals surface area contributed by atoms with Crippen LogP contribution in [0.2, 0.25) is 5.02 Å². The monoisotopic (exact) mass is 373 g/mol. The zero-order valence-electron chi connectivity index (χ0n) is 9.95. The Kier molecular flexibility index (Phi) is 4.29. The molecule has 1 heterocycles. The Morgan fingerprint density at radius 2 is 2.33 bits per heavy atom. The Bertz CT molecular complexity index is 578. The molecule has 0 aliphatic heterocycles. The van der Waals surface area contributed by atoms with Crippen molar-refractivity contribution < 1.29 is 0 Å². The van der Waals surface area contributed by atoms with E-state index in [2.05, 4.69) is 39.5 Å². The molecular formula is C13H13ClIN3. The summed E-state index contributed by atoms with van der Waals surface area (Å²) in [4.78, 5) is 4.46. The number of benzene rings is 1. The van der Waals surface area contributed by atoms with Gasteiger partial charge in [0.25, 0.3) is 0 Å². The van der Waals surface area contributed by atoms with Gasteiger partial charge in [-0.1, -0.05) is 17.7 Å². The normalized spacial score (nSPS) is 10.4. The van der Waals surface area contributed by atoms with Gasteiger partial charge in [-0.2, -0.15) is 0 Å². The second-order valence-corrected chi connectivity index (χ2v) is 5.44. The van der Waals surface area contributed by atoms with Crippen LogP contribution in [-0.4, -0.2) is 16.1 Å². The zero-order chi connectivity index (χ0) is 13.1. The molecule has 0 saturated carbocycles. The van der Waals surface area contributed by atoms with Crippen LogP contribution in [0.5, 0.6) is 0 Å². The van der Waals surface area contributed by atoms with Crippen molar-refractivity contribution in [1.82, 2.24) is 9.55 Å². The largest absolute Gasteiger partial charge is 0.352 e. The van der Waals surface area contributed by atoms with Crippen LogP contribution < -0.4 is 5.32 Å². The second kappa shape index (κ2) is 5.75. The van der Waals surface area contributed by atoms with Gasteiger partial charge in [0.15, 0.2) is 0 Å². The van der Waals surface area contributed by atoms with Crippen LogP contribution in [0.3, 0.4) is 0 Å². The van der Waals surface area contributed by atoms with Crippen molar-refractivity contribution >= 4 is 40.1 Å². The number of anilines is 1. The number of aryl methyl sites for hydroxylation is 1. The molecule has 5 heteroatoms. The topological polar surface area (TPSA) is 29.9 Å². The molecule has 18 heavy (non-hydrogen) atoms. The second-order valence-electron chi connectivity index (χ2n) is 3.84. The highest BCUT2D eigenvalue weighted by Gasteiger charge is 2.09. The minimum atomic E-state index is 0.681. The predicted molar refractivity (Wildman–Crippen MR) is 84.7 cm³/mol. The van der Waals surface area contributed by atoms with Gasteiger partial charge in [0.1, 0.15) is 0 Å². The maximum Gasteiger partial charge on any atom is 0.208 e. The fourth-order valence-electron chi connectivity index (χ4n) is 1.65. The van der Waals surface area contributed by atoms with Gasteiger partial charge in [-0.25, -0.2) is 4.98 Å². The van der Waals surface area contributed by atoms with E-state index in [0.717, 1.165) is 25.9 Å². The molecule has 0 saturated heterocycles. The van der Waals surface area contributed by atoms with Crippen molar-refractivity contribution in [2.45, 2.75) is 6.92 Å². The molecule has 1 aromatic carbocycles. The first-order chi connectivity index (χ1) is 8.61. The minimum absolute atomic E-state index is 0.681. The Balaban J connectivity index is 2.45. The first kappa shape index (κ1) is 13.4. The van der Waals surface area contributed by atoms with E-state index < -0.39 is 0 Å². The number of imidazole rings is 1. The van der Waals surface area contributed by atoms with Gasteiger partial charge >= 0.3 is 0 Å². The summed E-state index contributed by atoms with van der Waals surface area (Å²) in [6.45, 7) is 6.35. The Morgan fingerprint density at radius 3 is 3.00 bits per heavy atom. The predicted octanol–water partition coefficient (Wildman–Crippen LogP) is 4.04. The summed E-state index contributed by atoms with van der Waals surface area (Å²) in [5.74, 6) is 0.813. The standard InChI is InChI=1S/C13H13ClIN3/c1-3-6-16-13-17-9(2)8-18(13)12-5-4-10(14)7-11(12)15/h3-5,7-8H,1,6H2,2H3,(H,16,17). The van der Waals surface area contributed by atoms with E-state index in [0.29, 0.717) is 6.54 Å². The van der Waals surface area contributed by atoms with E-state index in [4.69, 9.17) is 11.6 Å². The summed E-state index contributed by atoms with van der Waals surface area (Å²) in [7, 11) is 0. The number of rotatable bonds is 4. The molecule has 0 aliphatic carbocycles. The van der Waals surface area contributed by atoms with E-state index in [1.807, 2.05) is 35.9 Å². The summed E-state index contributed by atoms with van der Waals surface area (Å²) in [5, 5.41) is 3.96. The molecule has 0 aliphatic rings. The van der Waals surface area contributed by atoms with E-state index >= 15 is 0 Å². The Morgan fingerprint density at radius 1 is 1.56 bits per heavy atom. The van der Waals surface area contributed by atoms with Crippen molar-refractivity contribution in [3.8, 4) is 5.69 Å². The molecule has 0 atom stereocenters. The van der Waals surface area contributed by atoms with E-state index in [9.17, 15) is 0 Å². The average molecular weight is 374 g/mol. The van der Waals surface area contributed by atoms with E-state index in [1.54, 1.807) is 6.08 Å². The molecule has 2 rings (SSSR count). The minimum Gasteiger partial charge on any atom is -0.352 e. The van der Waals surface area contributed by atoms with Crippen LogP contribution >= 0.6 is 34.2 Å². The van der Waals surface area contributed by atoms with Crippen LogP contribution in [0.4, 0.5) is 5.95 Å². The molecule has 0 unspecified atom stereocenters. The average Bonchev–Trinajstić information content (AvgIpc) is 2.67. The van der Waals surface area contributed by atoms with Gasteiger partial charge in [-0.15, -0.1) is 6.58 Å². The summed E-state index contributed by atoms with van der Waals surface area (Å²) in [5.41, 5.74) is 2.03. The van der Waals surface area contributed by atoms with Gasteiger partial charge in [-0.05, 0) is 47.7 Å². The third-order valence-corrected chi connectivity index (χ3v) is 3.50. The van der Waals surface area contributed by atoms with Crippen LogP contribution in [0, 0.1) is 10.5 Å². The Labute approximate surface area is 125 Å². The molecule has 1 N–H and O–H groups in total. The van der Waals surface area contributed by atoms with Crippen LogP contribution in [-0.2, 0) is 0 Å². The molecule has 0 radical (unpaired) electrons. The van der Waals surface area contributed by atoms with Gasteiger partial charge < -0.3 is 5.32 Å². The highest BCUT2D eigenvalue weighted by molar-refractivity contribution is 14.1. The molecular weight excluding hydrogens is 361 g/mol. The first-order valence-electron chi connectivity index (χ1n) is 5.48. The SMILES string of the molecule is C=CCNc1nc(C)cn1-c1ccc(Cl)cc1I. The maximum absolute atomic E-state index is 5.97. The molecule has 0 fully saturated rings. The summed E-state index contributed by atoms with van der Waals surface area (Å²) in [6, 6.07) is 5.81. The van der Waals surface area contributed by atoms with Crippen molar-refractivity contribution in [2.75, 3.05) is 11.9 Å². The van der Waals surface area contributed by atoms with Gasteiger partial charge in [0.2, 0.25) is 5.95 Å². The number of hydrogen-bond acceptors (Lipinski definition) is 2. The summed E-state index contributed by atoms with van der Waals surface area (Å²) in [6.07, 6.45) is 3.80. The van der Waals surface area contributed by atoms with Crippen molar-refractivity contribution in [3.63, 3.8) is 0 Å². The third-order valence-electron chi connectivity index (χ3n) is 2.40. The first-order valence-corrected chi connectivity index (χ1v) is 6.93. The smallest absolute Gasteiger partial charge is 0.208 e. The number of aromatic nitrogens is 2. The molecule has 2 aromatic rings. The quantitative estimate of drug-likeness (QED) is 0.647. The van der Waals surface area contributed by atoms with Gasteiger partial charge in [-0.3, -0.25) is 4.57 Å². The third kappa shape index (κ3) is 2.87. The lowest BCUT2D eigenvalue weighted by Crippen LogP contribution is -2.06. The van der Waals surface area contributed by atoms with Crippen LogP contribution in [0.25, 0.3) is 5.69 Å². The molecule has 94 valence electrons. The zero-order valence-corrected chi connectivity index (χ0v) is 12.9. The molecule has 0 bridgehead atoms. The van der Waals surface area contributed by atoms with Crippen LogP contribution in [0.15, 0.2) is 37.1 Å². The van der Waals surface area contributed by atoms with Crippen LogP contribution in [0.1, 0.15) is 5.69 Å². The molecule has 0 spiro atoms. The molecule has 1 aromatic heterocycles. The lowest BCUT2D eigenvalue weighted by atomic mass is 10.3.